The molecule has 0 aliphatic heterocycles. The van der Waals surface area contributed by atoms with Crippen molar-refractivity contribution < 1.29 is 0 Å². The van der Waals surface area contributed by atoms with Gasteiger partial charge < -0.3 is 0 Å². The van der Waals surface area contributed by atoms with Crippen LogP contribution in [0.4, 0.5) is 0 Å². The lowest BCUT2D eigenvalue weighted by Crippen LogP contribution is -2.13. The fraction of sp³-hybridized carbons (Fsp3) is 0.500. The molecule has 78 valence electrons. The third-order valence-electron chi connectivity index (χ3n) is 2.53. The maximum atomic E-state index is 5.92. The van der Waals surface area contributed by atoms with Crippen LogP contribution in [0.25, 0.3) is 0 Å². The number of hydrogen-bond donors (Lipinski definition) is 0. The van der Waals surface area contributed by atoms with E-state index in [-0.39, 0.29) is 0 Å². The number of benzene rings is 1. The van der Waals surface area contributed by atoms with Gasteiger partial charge in [-0.1, -0.05) is 37.6 Å². The van der Waals surface area contributed by atoms with Crippen molar-refractivity contribution in [2.75, 3.05) is 5.88 Å². The second-order valence-electron chi connectivity index (χ2n) is 3.99. The summed E-state index contributed by atoms with van der Waals surface area (Å²) in [4.78, 5) is 0. The molecule has 0 heterocycles. The summed E-state index contributed by atoms with van der Waals surface area (Å²) in [5, 5.41) is 0.805. The molecule has 0 nitrogen and oxygen atoms in total. The van der Waals surface area contributed by atoms with Crippen LogP contribution in [0.3, 0.4) is 0 Å². The van der Waals surface area contributed by atoms with Gasteiger partial charge in [0.2, 0.25) is 0 Å². The first kappa shape index (κ1) is 11.9. The monoisotopic (exact) mass is 230 g/mol. The first-order valence-electron chi connectivity index (χ1n) is 4.94. The maximum absolute atomic E-state index is 5.92. The van der Waals surface area contributed by atoms with Gasteiger partial charge in [-0.2, -0.15) is 0 Å². The number of hydrogen-bond acceptors (Lipinski definition) is 0. The summed E-state index contributed by atoms with van der Waals surface area (Å²) >= 11 is 11.8. The van der Waals surface area contributed by atoms with E-state index in [0.29, 0.717) is 17.7 Å². The SMILES string of the molecule is CC(C)C(CCl)Cc1cccc(Cl)c1. The Morgan fingerprint density at radius 3 is 2.50 bits per heavy atom. The molecule has 0 bridgehead atoms. The van der Waals surface area contributed by atoms with Gasteiger partial charge in [0.05, 0.1) is 0 Å². The molecule has 0 radical (unpaired) electrons. The Labute approximate surface area is 96.2 Å². The first-order chi connectivity index (χ1) is 6.63. The Bertz CT molecular complexity index is 281. The highest BCUT2D eigenvalue weighted by atomic mass is 35.5. The van der Waals surface area contributed by atoms with Gasteiger partial charge in [-0.25, -0.2) is 0 Å². The molecule has 1 aromatic rings. The van der Waals surface area contributed by atoms with E-state index >= 15 is 0 Å². The summed E-state index contributed by atoms with van der Waals surface area (Å²) in [6.07, 6.45) is 1.02. The molecule has 1 rings (SSSR count). The van der Waals surface area contributed by atoms with Crippen LogP contribution in [0.1, 0.15) is 19.4 Å². The van der Waals surface area contributed by atoms with Crippen LogP contribution in [0, 0.1) is 11.8 Å². The van der Waals surface area contributed by atoms with Gasteiger partial charge in [0.1, 0.15) is 0 Å². The molecular formula is C12H16Cl2. The van der Waals surface area contributed by atoms with Crippen molar-refractivity contribution in [3.63, 3.8) is 0 Å². The average molecular weight is 231 g/mol. The molecule has 0 saturated carbocycles. The molecule has 1 aromatic carbocycles. The molecule has 0 fully saturated rings. The van der Waals surface area contributed by atoms with Gasteiger partial charge in [-0.15, -0.1) is 11.6 Å². The molecule has 0 aromatic heterocycles. The number of alkyl halides is 1. The summed E-state index contributed by atoms with van der Waals surface area (Å²) in [5.41, 5.74) is 1.27. The third-order valence-corrected chi connectivity index (χ3v) is 3.16. The van der Waals surface area contributed by atoms with E-state index in [4.69, 9.17) is 23.2 Å². The van der Waals surface area contributed by atoms with Crippen LogP contribution in [-0.2, 0) is 6.42 Å². The van der Waals surface area contributed by atoms with Crippen molar-refractivity contribution in [3.05, 3.63) is 34.9 Å². The second kappa shape index (κ2) is 5.63. The fourth-order valence-corrected chi connectivity index (χ4v) is 2.11. The van der Waals surface area contributed by atoms with E-state index in [1.54, 1.807) is 0 Å². The minimum absolute atomic E-state index is 0.537. The van der Waals surface area contributed by atoms with E-state index in [0.717, 1.165) is 11.4 Å². The molecule has 0 N–H and O–H groups in total. The maximum Gasteiger partial charge on any atom is 0.0408 e. The summed E-state index contributed by atoms with van der Waals surface area (Å²) in [6.45, 7) is 4.41. The molecule has 14 heavy (non-hydrogen) atoms. The normalized spacial score (nSPS) is 13.2. The molecule has 1 unspecified atom stereocenters. The van der Waals surface area contributed by atoms with Gasteiger partial charge in [-0.05, 0) is 36.0 Å². The van der Waals surface area contributed by atoms with Crippen LogP contribution < -0.4 is 0 Å². The standard InChI is InChI=1S/C12H16Cl2/c1-9(2)11(8-13)6-10-4-3-5-12(14)7-10/h3-5,7,9,11H,6,8H2,1-2H3. The first-order valence-corrected chi connectivity index (χ1v) is 5.85. The zero-order valence-electron chi connectivity index (χ0n) is 8.63. The van der Waals surface area contributed by atoms with Crippen molar-refractivity contribution in [3.8, 4) is 0 Å². The van der Waals surface area contributed by atoms with Crippen LogP contribution >= 0.6 is 23.2 Å². The van der Waals surface area contributed by atoms with Crippen molar-refractivity contribution in [2.45, 2.75) is 20.3 Å². The molecule has 0 amide bonds. The highest BCUT2D eigenvalue weighted by molar-refractivity contribution is 6.30. The van der Waals surface area contributed by atoms with E-state index < -0.39 is 0 Å². The molecule has 0 spiro atoms. The lowest BCUT2D eigenvalue weighted by Gasteiger charge is -2.17. The van der Waals surface area contributed by atoms with Crippen molar-refractivity contribution in [1.29, 1.82) is 0 Å². The molecule has 0 aliphatic rings. The van der Waals surface area contributed by atoms with E-state index in [1.165, 1.54) is 5.56 Å². The zero-order valence-corrected chi connectivity index (χ0v) is 10.1. The summed E-state index contributed by atoms with van der Waals surface area (Å²) in [5.74, 6) is 1.87. The highest BCUT2D eigenvalue weighted by Gasteiger charge is 2.12. The molecular weight excluding hydrogens is 215 g/mol. The minimum Gasteiger partial charge on any atom is -0.126 e. The van der Waals surface area contributed by atoms with Gasteiger partial charge >= 0.3 is 0 Å². The van der Waals surface area contributed by atoms with Crippen molar-refractivity contribution in [2.24, 2.45) is 11.8 Å². The van der Waals surface area contributed by atoms with Crippen molar-refractivity contribution in [1.82, 2.24) is 0 Å². The summed E-state index contributed by atoms with van der Waals surface area (Å²) < 4.78 is 0. The van der Waals surface area contributed by atoms with E-state index in [1.807, 2.05) is 18.2 Å². The average Bonchev–Trinajstić information content (AvgIpc) is 2.14. The molecule has 2 heteroatoms. The van der Waals surface area contributed by atoms with Crippen molar-refractivity contribution >= 4 is 23.2 Å². The Balaban J connectivity index is 2.67. The van der Waals surface area contributed by atoms with Gasteiger partial charge in [-0.3, -0.25) is 0 Å². The molecule has 1 atom stereocenters. The lowest BCUT2D eigenvalue weighted by molar-refractivity contribution is 0.422. The van der Waals surface area contributed by atoms with Gasteiger partial charge in [0.15, 0.2) is 0 Å². The minimum atomic E-state index is 0.537. The number of halogens is 2. The number of rotatable bonds is 4. The quantitative estimate of drug-likeness (QED) is 0.674. The van der Waals surface area contributed by atoms with Crippen LogP contribution in [0.5, 0.6) is 0 Å². The van der Waals surface area contributed by atoms with Gasteiger partial charge in [0, 0.05) is 10.9 Å². The Kier molecular flexibility index (Phi) is 4.77. The molecule has 0 aliphatic carbocycles. The lowest BCUT2D eigenvalue weighted by atomic mass is 9.91. The fourth-order valence-electron chi connectivity index (χ4n) is 1.44. The van der Waals surface area contributed by atoms with Crippen LogP contribution in [0.2, 0.25) is 5.02 Å². The molecule has 0 saturated heterocycles. The van der Waals surface area contributed by atoms with E-state index in [2.05, 4.69) is 19.9 Å². The Hall–Kier alpha value is -0.200. The predicted molar refractivity (Wildman–Crippen MR) is 64.2 cm³/mol. The topological polar surface area (TPSA) is 0 Å². The largest absolute Gasteiger partial charge is 0.126 e. The Morgan fingerprint density at radius 1 is 1.29 bits per heavy atom. The van der Waals surface area contributed by atoms with Gasteiger partial charge in [0.25, 0.3) is 0 Å². The van der Waals surface area contributed by atoms with Crippen LogP contribution in [0.15, 0.2) is 24.3 Å². The smallest absolute Gasteiger partial charge is 0.0408 e. The van der Waals surface area contributed by atoms with Crippen LogP contribution in [-0.4, -0.2) is 5.88 Å². The summed E-state index contributed by atoms with van der Waals surface area (Å²) in [6, 6.07) is 8.01. The highest BCUT2D eigenvalue weighted by Crippen LogP contribution is 2.20. The third kappa shape index (κ3) is 3.51. The summed E-state index contributed by atoms with van der Waals surface area (Å²) in [7, 11) is 0. The predicted octanol–water partition coefficient (Wildman–Crippen LogP) is 4.39. The zero-order chi connectivity index (χ0) is 10.6. The van der Waals surface area contributed by atoms with E-state index in [9.17, 15) is 0 Å². The Morgan fingerprint density at radius 2 is 2.00 bits per heavy atom. The second-order valence-corrected chi connectivity index (χ2v) is 4.74.